The predicted octanol–water partition coefficient (Wildman–Crippen LogP) is 2.89. The first-order valence-electron chi connectivity index (χ1n) is 7.67. The van der Waals surface area contributed by atoms with Crippen LogP contribution in [0.2, 0.25) is 0 Å². The van der Waals surface area contributed by atoms with Crippen molar-refractivity contribution in [3.8, 4) is 0 Å². The van der Waals surface area contributed by atoms with Crippen LogP contribution in [0, 0.1) is 6.92 Å². The van der Waals surface area contributed by atoms with Gasteiger partial charge < -0.3 is 15.5 Å². The van der Waals surface area contributed by atoms with Crippen LogP contribution >= 0.6 is 31.9 Å². The molecular formula is C15H20Br2N4. The van der Waals surface area contributed by atoms with Gasteiger partial charge >= 0.3 is 0 Å². The topological polar surface area (TPSA) is 30.5 Å². The summed E-state index contributed by atoms with van der Waals surface area (Å²) in [6.45, 7) is 7.74. The van der Waals surface area contributed by atoms with E-state index in [2.05, 4.69) is 59.2 Å². The van der Waals surface area contributed by atoms with E-state index in [0.717, 1.165) is 39.1 Å². The van der Waals surface area contributed by atoms with E-state index in [1.54, 1.807) is 0 Å². The third kappa shape index (κ3) is 2.14. The molecule has 0 aromatic heterocycles. The van der Waals surface area contributed by atoms with E-state index < -0.39 is 0 Å². The van der Waals surface area contributed by atoms with E-state index in [-0.39, 0.29) is 0 Å². The van der Waals surface area contributed by atoms with Gasteiger partial charge in [0.25, 0.3) is 0 Å². The fourth-order valence-electron chi connectivity index (χ4n) is 3.77. The van der Waals surface area contributed by atoms with Gasteiger partial charge in [-0.25, -0.2) is 0 Å². The Balaban J connectivity index is 1.78. The minimum Gasteiger partial charge on any atom is -0.351 e. The van der Waals surface area contributed by atoms with Gasteiger partial charge in [-0.05, 0) is 62.8 Å². The fraction of sp³-hybridized carbons (Fsp3) is 0.600. The first kappa shape index (κ1) is 14.3. The molecular weight excluding hydrogens is 396 g/mol. The zero-order chi connectivity index (χ0) is 14.6. The lowest BCUT2D eigenvalue weighted by Crippen LogP contribution is -2.57. The van der Waals surface area contributed by atoms with Gasteiger partial charge in [0, 0.05) is 41.7 Å². The van der Waals surface area contributed by atoms with Gasteiger partial charge in [0.2, 0.25) is 0 Å². The van der Waals surface area contributed by atoms with Crippen molar-refractivity contribution in [3.63, 3.8) is 0 Å². The summed E-state index contributed by atoms with van der Waals surface area (Å²) >= 11 is 7.55. The van der Waals surface area contributed by atoms with Crippen molar-refractivity contribution in [2.24, 2.45) is 0 Å². The highest BCUT2D eigenvalue weighted by Crippen LogP contribution is 2.50. The lowest BCUT2D eigenvalue weighted by atomic mass is 9.99. The second kappa shape index (κ2) is 5.41. The Labute approximate surface area is 142 Å². The number of hydrogen-bond acceptors (Lipinski definition) is 4. The van der Waals surface area contributed by atoms with Crippen LogP contribution < -0.4 is 15.5 Å². The minimum absolute atomic E-state index is 0.320. The Morgan fingerprint density at radius 1 is 1.10 bits per heavy atom. The van der Waals surface area contributed by atoms with Gasteiger partial charge in [0.15, 0.2) is 6.29 Å². The number of anilines is 2. The molecule has 1 fully saturated rings. The molecule has 0 saturated carbocycles. The normalized spacial score (nSPS) is 24.9. The highest BCUT2D eigenvalue weighted by Gasteiger charge is 2.39. The summed E-state index contributed by atoms with van der Waals surface area (Å²) in [5.41, 5.74) is 5.52. The molecule has 6 heteroatoms. The first-order chi connectivity index (χ1) is 10.2. The number of nitrogens with one attached hydrogen (secondary N) is 2. The van der Waals surface area contributed by atoms with Gasteiger partial charge in [-0.3, -0.25) is 4.90 Å². The van der Waals surface area contributed by atoms with Crippen LogP contribution in [0.5, 0.6) is 0 Å². The van der Waals surface area contributed by atoms with E-state index in [0.29, 0.717) is 6.29 Å². The van der Waals surface area contributed by atoms with E-state index in [1.807, 2.05) is 0 Å². The molecule has 0 spiro atoms. The monoisotopic (exact) mass is 414 g/mol. The quantitative estimate of drug-likeness (QED) is 0.738. The predicted molar refractivity (Wildman–Crippen MR) is 94.1 cm³/mol. The molecule has 3 aliphatic heterocycles. The summed E-state index contributed by atoms with van der Waals surface area (Å²) < 4.78 is 2.44. The van der Waals surface area contributed by atoms with Gasteiger partial charge in [-0.2, -0.15) is 0 Å². The number of rotatable bonds is 1. The summed E-state index contributed by atoms with van der Waals surface area (Å²) in [6.07, 6.45) is 2.71. The molecule has 2 N–H and O–H groups in total. The van der Waals surface area contributed by atoms with Crippen molar-refractivity contribution in [2.75, 3.05) is 42.9 Å². The van der Waals surface area contributed by atoms with Crippen LogP contribution in [0.4, 0.5) is 11.4 Å². The summed E-state index contributed by atoms with van der Waals surface area (Å²) in [5.74, 6) is 0. The van der Waals surface area contributed by atoms with Crippen LogP contribution in [0.25, 0.3) is 0 Å². The molecule has 1 saturated heterocycles. The summed E-state index contributed by atoms with van der Waals surface area (Å²) in [5, 5.41) is 7.24. The molecule has 0 aliphatic carbocycles. The maximum Gasteiger partial charge on any atom is 0.158 e. The van der Waals surface area contributed by atoms with Crippen molar-refractivity contribution in [1.82, 2.24) is 10.2 Å². The Morgan fingerprint density at radius 2 is 1.86 bits per heavy atom. The van der Waals surface area contributed by atoms with Crippen molar-refractivity contribution in [2.45, 2.75) is 26.1 Å². The Morgan fingerprint density at radius 3 is 2.62 bits per heavy atom. The molecule has 1 aromatic rings. The number of nitrogens with zero attached hydrogens (tertiary/aromatic N) is 2. The fourth-order valence-corrected chi connectivity index (χ4v) is 4.89. The molecule has 1 unspecified atom stereocenters. The molecule has 0 bridgehead atoms. The van der Waals surface area contributed by atoms with Crippen LogP contribution in [-0.4, -0.2) is 43.9 Å². The molecule has 114 valence electrons. The molecule has 3 aliphatic rings. The summed E-state index contributed by atoms with van der Waals surface area (Å²) in [4.78, 5) is 5.14. The number of halogens is 2. The van der Waals surface area contributed by atoms with E-state index >= 15 is 0 Å². The van der Waals surface area contributed by atoms with Gasteiger partial charge in [-0.1, -0.05) is 0 Å². The second-order valence-electron chi connectivity index (χ2n) is 6.06. The summed E-state index contributed by atoms with van der Waals surface area (Å²) in [7, 11) is 0. The molecule has 1 aromatic carbocycles. The van der Waals surface area contributed by atoms with E-state index in [4.69, 9.17) is 0 Å². The zero-order valence-electron chi connectivity index (χ0n) is 12.2. The first-order valence-corrected chi connectivity index (χ1v) is 9.25. The molecule has 4 nitrogen and oxygen atoms in total. The molecule has 1 atom stereocenters. The Hall–Kier alpha value is -0.300. The molecule has 0 radical (unpaired) electrons. The lowest BCUT2D eigenvalue weighted by Gasteiger charge is -2.40. The smallest absolute Gasteiger partial charge is 0.158 e. The van der Waals surface area contributed by atoms with Crippen LogP contribution in [-0.2, 0) is 6.42 Å². The van der Waals surface area contributed by atoms with Crippen LogP contribution in [0.3, 0.4) is 0 Å². The third-order valence-corrected chi connectivity index (χ3v) is 7.26. The Kier molecular flexibility index (Phi) is 3.68. The second-order valence-corrected chi connectivity index (χ2v) is 7.64. The highest BCUT2D eigenvalue weighted by atomic mass is 79.9. The SMILES string of the molecule is Cc1c(Br)c(Br)c2c3c1NC(N1CCNCC1)N3CCC2. The standard InChI is InChI=1S/C15H20Br2N4/c1-9-11(16)12(17)10-3-2-6-21-14(10)13(9)19-15(21)20-7-4-18-5-8-20/h15,18-19H,2-8H2,1H3. The molecule has 4 rings (SSSR count). The lowest BCUT2D eigenvalue weighted by molar-refractivity contribution is 0.188. The largest absolute Gasteiger partial charge is 0.351 e. The van der Waals surface area contributed by atoms with Crippen molar-refractivity contribution < 1.29 is 0 Å². The summed E-state index contributed by atoms with van der Waals surface area (Å²) in [6, 6.07) is 0. The van der Waals surface area contributed by atoms with Crippen molar-refractivity contribution in [3.05, 3.63) is 20.1 Å². The number of benzene rings is 1. The molecule has 3 heterocycles. The minimum atomic E-state index is 0.320. The maximum atomic E-state index is 3.80. The van der Waals surface area contributed by atoms with Gasteiger partial charge in [0.1, 0.15) is 0 Å². The molecule has 21 heavy (non-hydrogen) atoms. The molecule has 0 amide bonds. The maximum absolute atomic E-state index is 3.80. The number of hydrogen-bond donors (Lipinski definition) is 2. The average molecular weight is 416 g/mol. The zero-order valence-corrected chi connectivity index (χ0v) is 15.3. The van der Waals surface area contributed by atoms with Crippen LogP contribution in [0.15, 0.2) is 8.95 Å². The van der Waals surface area contributed by atoms with E-state index in [9.17, 15) is 0 Å². The van der Waals surface area contributed by atoms with Crippen molar-refractivity contribution >= 4 is 43.2 Å². The highest BCUT2D eigenvalue weighted by molar-refractivity contribution is 9.13. The van der Waals surface area contributed by atoms with Gasteiger partial charge in [0.05, 0.1) is 11.4 Å². The van der Waals surface area contributed by atoms with Gasteiger partial charge in [-0.15, -0.1) is 0 Å². The van der Waals surface area contributed by atoms with Crippen molar-refractivity contribution in [1.29, 1.82) is 0 Å². The third-order valence-electron chi connectivity index (χ3n) is 4.86. The number of piperazine rings is 1. The average Bonchev–Trinajstić information content (AvgIpc) is 2.92. The van der Waals surface area contributed by atoms with E-state index in [1.165, 1.54) is 37.9 Å². The Bertz CT molecular complexity index is 584. The van der Waals surface area contributed by atoms with Crippen LogP contribution in [0.1, 0.15) is 17.5 Å².